The first-order chi connectivity index (χ1) is 7.66. The van der Waals surface area contributed by atoms with E-state index in [1.165, 1.54) is 23.6 Å². The van der Waals surface area contributed by atoms with E-state index in [1.807, 2.05) is 6.07 Å². The van der Waals surface area contributed by atoms with Crippen LogP contribution in [-0.4, -0.2) is 29.0 Å². The van der Waals surface area contributed by atoms with Gasteiger partial charge in [0.1, 0.15) is 0 Å². The highest BCUT2D eigenvalue weighted by Crippen LogP contribution is 2.23. The Bertz CT molecular complexity index is 370. The molecule has 0 radical (unpaired) electrons. The summed E-state index contributed by atoms with van der Waals surface area (Å²) in [6.45, 7) is 4.52. The Morgan fingerprint density at radius 1 is 1.56 bits per heavy atom. The first-order valence-corrected chi connectivity index (χ1v) is 7.47. The Balaban J connectivity index is 2.05. The molecule has 0 bridgehead atoms. The Kier molecular flexibility index (Phi) is 4.16. The van der Waals surface area contributed by atoms with Gasteiger partial charge in [-0.2, -0.15) is 11.8 Å². The van der Waals surface area contributed by atoms with Crippen molar-refractivity contribution in [3.8, 4) is 0 Å². The summed E-state index contributed by atoms with van der Waals surface area (Å²) < 4.78 is 1.00. The van der Waals surface area contributed by atoms with E-state index in [9.17, 15) is 0 Å². The molecule has 1 aliphatic heterocycles. The third kappa shape index (κ3) is 2.93. The number of thioether (sulfide) groups is 1. The van der Waals surface area contributed by atoms with Crippen LogP contribution >= 0.6 is 27.7 Å². The number of benzene rings is 1. The second kappa shape index (κ2) is 5.43. The van der Waals surface area contributed by atoms with E-state index in [4.69, 9.17) is 5.73 Å². The highest BCUT2D eigenvalue weighted by atomic mass is 79.9. The maximum atomic E-state index is 5.79. The molecule has 1 aromatic rings. The zero-order chi connectivity index (χ0) is 11.5. The third-order valence-electron chi connectivity index (χ3n) is 2.96. The highest BCUT2D eigenvalue weighted by Gasteiger charge is 2.18. The van der Waals surface area contributed by atoms with Gasteiger partial charge in [0.25, 0.3) is 0 Å². The molecule has 2 nitrogen and oxygen atoms in total. The van der Waals surface area contributed by atoms with Crippen molar-refractivity contribution in [3.05, 3.63) is 28.2 Å². The van der Waals surface area contributed by atoms with E-state index in [-0.39, 0.29) is 0 Å². The minimum Gasteiger partial charge on any atom is -0.398 e. The average molecular weight is 301 g/mol. The molecule has 2 rings (SSSR count). The summed E-state index contributed by atoms with van der Waals surface area (Å²) in [6.07, 6.45) is 0. The summed E-state index contributed by atoms with van der Waals surface area (Å²) >= 11 is 5.53. The van der Waals surface area contributed by atoms with Crippen LogP contribution in [-0.2, 0) is 6.54 Å². The lowest BCUT2D eigenvalue weighted by Crippen LogP contribution is -2.39. The molecule has 2 N–H and O–H groups in total. The zero-order valence-electron chi connectivity index (χ0n) is 9.45. The van der Waals surface area contributed by atoms with Gasteiger partial charge in [0.05, 0.1) is 0 Å². The van der Waals surface area contributed by atoms with Gasteiger partial charge in [0, 0.05) is 40.8 Å². The second-order valence-corrected chi connectivity index (χ2v) is 6.25. The molecular weight excluding hydrogens is 284 g/mol. The SMILES string of the molecule is CC1CSCCN1Cc1ccc(N)c(Br)c1. The van der Waals surface area contributed by atoms with Crippen LogP contribution < -0.4 is 5.73 Å². The molecule has 1 saturated heterocycles. The molecule has 4 heteroatoms. The summed E-state index contributed by atoms with van der Waals surface area (Å²) in [6, 6.07) is 6.90. The third-order valence-corrected chi connectivity index (χ3v) is 4.83. The summed E-state index contributed by atoms with van der Waals surface area (Å²) in [5.74, 6) is 2.50. The van der Waals surface area contributed by atoms with Crippen molar-refractivity contribution in [3.63, 3.8) is 0 Å². The maximum absolute atomic E-state index is 5.79. The largest absolute Gasteiger partial charge is 0.398 e. The lowest BCUT2D eigenvalue weighted by atomic mass is 10.1. The predicted octanol–water partition coefficient (Wildman–Crippen LogP) is 2.97. The molecular formula is C12H17BrN2S. The van der Waals surface area contributed by atoms with E-state index >= 15 is 0 Å². The minimum absolute atomic E-state index is 0.676. The van der Waals surface area contributed by atoms with E-state index in [0.717, 1.165) is 16.7 Å². The average Bonchev–Trinajstić information content (AvgIpc) is 2.27. The standard InChI is InChI=1S/C12H17BrN2S/c1-9-8-16-5-4-15(9)7-10-2-3-12(14)11(13)6-10/h2-3,6,9H,4-5,7-8,14H2,1H3. The fourth-order valence-corrected chi connectivity index (χ4v) is 3.41. The summed E-state index contributed by atoms with van der Waals surface area (Å²) in [5, 5.41) is 0. The van der Waals surface area contributed by atoms with Crippen LogP contribution in [0.2, 0.25) is 0 Å². The number of halogens is 1. The quantitative estimate of drug-likeness (QED) is 0.852. The molecule has 0 spiro atoms. The Labute approximate surface area is 110 Å². The summed E-state index contributed by atoms with van der Waals surface area (Å²) in [5.41, 5.74) is 7.93. The van der Waals surface area contributed by atoms with Gasteiger partial charge in [-0.05, 0) is 40.5 Å². The van der Waals surface area contributed by atoms with E-state index in [2.05, 4.69) is 51.6 Å². The topological polar surface area (TPSA) is 29.3 Å². The van der Waals surface area contributed by atoms with E-state index in [1.54, 1.807) is 0 Å². The van der Waals surface area contributed by atoms with Gasteiger partial charge < -0.3 is 5.73 Å². The van der Waals surface area contributed by atoms with Gasteiger partial charge >= 0.3 is 0 Å². The van der Waals surface area contributed by atoms with E-state index < -0.39 is 0 Å². The van der Waals surface area contributed by atoms with Crippen LogP contribution in [0.5, 0.6) is 0 Å². The van der Waals surface area contributed by atoms with Crippen molar-refractivity contribution in [1.82, 2.24) is 4.90 Å². The second-order valence-electron chi connectivity index (χ2n) is 4.25. The number of nitrogens with zero attached hydrogens (tertiary/aromatic N) is 1. The smallest absolute Gasteiger partial charge is 0.0458 e. The zero-order valence-corrected chi connectivity index (χ0v) is 11.9. The van der Waals surface area contributed by atoms with Crippen LogP contribution in [0, 0.1) is 0 Å². The molecule has 0 saturated carbocycles. The van der Waals surface area contributed by atoms with Crippen LogP contribution in [0.4, 0.5) is 5.69 Å². The predicted molar refractivity (Wildman–Crippen MR) is 75.8 cm³/mol. The van der Waals surface area contributed by atoms with Gasteiger partial charge in [-0.3, -0.25) is 4.90 Å². The summed E-state index contributed by atoms with van der Waals surface area (Å²) in [7, 11) is 0. The lowest BCUT2D eigenvalue weighted by Gasteiger charge is -2.33. The normalized spacial score (nSPS) is 22.2. The first kappa shape index (κ1) is 12.3. The number of hydrogen-bond donors (Lipinski definition) is 1. The molecule has 16 heavy (non-hydrogen) atoms. The number of anilines is 1. The molecule has 0 aromatic heterocycles. The fourth-order valence-electron chi connectivity index (χ4n) is 1.90. The number of hydrogen-bond acceptors (Lipinski definition) is 3. The number of rotatable bonds is 2. The van der Waals surface area contributed by atoms with Gasteiger partial charge in [-0.25, -0.2) is 0 Å². The number of nitrogens with two attached hydrogens (primary N) is 1. The lowest BCUT2D eigenvalue weighted by molar-refractivity contribution is 0.224. The molecule has 88 valence electrons. The van der Waals surface area contributed by atoms with Crippen molar-refractivity contribution in [2.75, 3.05) is 23.8 Å². The van der Waals surface area contributed by atoms with Crippen LogP contribution in [0.15, 0.2) is 22.7 Å². The molecule has 1 unspecified atom stereocenters. The Morgan fingerprint density at radius 3 is 3.06 bits per heavy atom. The van der Waals surface area contributed by atoms with Crippen molar-refractivity contribution in [2.45, 2.75) is 19.5 Å². The van der Waals surface area contributed by atoms with Gasteiger partial charge in [0.15, 0.2) is 0 Å². The Hall–Kier alpha value is -0.190. The highest BCUT2D eigenvalue weighted by molar-refractivity contribution is 9.10. The van der Waals surface area contributed by atoms with E-state index in [0.29, 0.717) is 6.04 Å². The molecule has 1 heterocycles. The molecule has 1 fully saturated rings. The Morgan fingerprint density at radius 2 is 2.38 bits per heavy atom. The van der Waals surface area contributed by atoms with Crippen molar-refractivity contribution in [2.24, 2.45) is 0 Å². The molecule has 1 atom stereocenters. The fraction of sp³-hybridized carbons (Fsp3) is 0.500. The van der Waals surface area contributed by atoms with Crippen molar-refractivity contribution in [1.29, 1.82) is 0 Å². The molecule has 1 aromatic carbocycles. The van der Waals surface area contributed by atoms with Crippen molar-refractivity contribution < 1.29 is 0 Å². The molecule has 0 aliphatic carbocycles. The molecule has 0 amide bonds. The van der Waals surface area contributed by atoms with Gasteiger partial charge in [-0.1, -0.05) is 6.07 Å². The monoisotopic (exact) mass is 300 g/mol. The van der Waals surface area contributed by atoms with Crippen LogP contribution in [0.1, 0.15) is 12.5 Å². The first-order valence-electron chi connectivity index (χ1n) is 5.52. The molecule has 1 aliphatic rings. The van der Waals surface area contributed by atoms with Gasteiger partial charge in [-0.15, -0.1) is 0 Å². The summed E-state index contributed by atoms with van der Waals surface area (Å²) in [4.78, 5) is 2.54. The number of nitrogen functional groups attached to an aromatic ring is 1. The van der Waals surface area contributed by atoms with Crippen molar-refractivity contribution >= 4 is 33.4 Å². The maximum Gasteiger partial charge on any atom is 0.0458 e. The van der Waals surface area contributed by atoms with Crippen LogP contribution in [0.25, 0.3) is 0 Å². The van der Waals surface area contributed by atoms with Crippen LogP contribution in [0.3, 0.4) is 0 Å². The minimum atomic E-state index is 0.676. The van der Waals surface area contributed by atoms with Gasteiger partial charge in [0.2, 0.25) is 0 Å².